The van der Waals surface area contributed by atoms with E-state index in [1.807, 2.05) is 0 Å². The van der Waals surface area contributed by atoms with Crippen molar-refractivity contribution in [2.45, 2.75) is 31.5 Å². The highest BCUT2D eigenvalue weighted by Crippen LogP contribution is 2.44. The van der Waals surface area contributed by atoms with Gasteiger partial charge in [-0.3, -0.25) is 0 Å². The largest absolute Gasteiger partial charge is 0.433 e. The normalized spacial score (nSPS) is 13.4. The van der Waals surface area contributed by atoms with Crippen LogP contribution in [0.1, 0.15) is 46.2 Å². The highest BCUT2D eigenvalue weighted by atomic mass is 19.4. The first-order chi connectivity index (χ1) is 15.4. The number of pyridine rings is 1. The maximum absolute atomic E-state index is 13.9. The average molecular weight is 477 g/mol. The van der Waals surface area contributed by atoms with Crippen LogP contribution in [0.4, 0.5) is 35.1 Å². The van der Waals surface area contributed by atoms with Crippen molar-refractivity contribution in [1.29, 1.82) is 0 Å². The van der Waals surface area contributed by atoms with Crippen LogP contribution in [0.5, 0.6) is 0 Å². The summed E-state index contributed by atoms with van der Waals surface area (Å²) in [4.78, 5) is 3.03. The van der Waals surface area contributed by atoms with Gasteiger partial charge in [-0.15, -0.1) is 0 Å². The van der Waals surface area contributed by atoms with Crippen LogP contribution in [-0.4, -0.2) is 15.2 Å². The quantitative estimate of drug-likeness (QED) is 0.425. The van der Waals surface area contributed by atoms with Crippen molar-refractivity contribution in [2.75, 3.05) is 0 Å². The Balaban J connectivity index is 2.35. The van der Waals surface area contributed by atoms with E-state index in [1.54, 1.807) is 0 Å². The Kier molecular flexibility index (Phi) is 6.75. The van der Waals surface area contributed by atoms with Crippen LogP contribution < -0.4 is 0 Å². The maximum atomic E-state index is 13.9. The molecule has 0 spiro atoms. The zero-order chi connectivity index (χ0) is 24.6. The second-order valence-corrected chi connectivity index (χ2v) is 6.96. The first-order valence-corrected chi connectivity index (χ1v) is 9.29. The lowest BCUT2D eigenvalue weighted by atomic mass is 9.87. The minimum absolute atomic E-state index is 0.0303. The number of hydrogen-bond acceptors (Lipinski definition) is 3. The fraction of sp³-hybridized carbons (Fsp3) is 0.227. The highest BCUT2D eigenvalue weighted by molar-refractivity contribution is 5.74. The standard InChI is InChI=1S/C22H15F8NO2/c23-20(24)17-16(18(33)12-6-8-13(9-7-12)21(25,26)27)15(11-4-2-1-3-5-11)14(10-32)19(31-17)22(28,29)30/h1-9,18,20,32-33H,10H2. The van der Waals surface area contributed by atoms with E-state index in [0.29, 0.717) is 12.1 Å². The predicted molar refractivity (Wildman–Crippen MR) is 101 cm³/mol. The van der Waals surface area contributed by atoms with Crippen LogP contribution in [-0.2, 0) is 19.0 Å². The SMILES string of the molecule is OCc1c(C(F)(F)F)nc(C(F)F)c(C(O)c2ccc(C(F)(F)F)cc2)c1-c1ccccc1. The molecule has 1 heterocycles. The summed E-state index contributed by atoms with van der Waals surface area (Å²) < 4.78 is 107. The molecule has 0 saturated heterocycles. The van der Waals surface area contributed by atoms with E-state index in [-0.39, 0.29) is 11.1 Å². The molecule has 33 heavy (non-hydrogen) atoms. The summed E-state index contributed by atoms with van der Waals surface area (Å²) in [5.41, 5.74) is -6.65. The average Bonchev–Trinajstić information content (AvgIpc) is 2.76. The van der Waals surface area contributed by atoms with Crippen molar-refractivity contribution in [1.82, 2.24) is 4.98 Å². The Morgan fingerprint density at radius 2 is 1.39 bits per heavy atom. The number of benzene rings is 2. The third-order valence-corrected chi connectivity index (χ3v) is 4.89. The molecular weight excluding hydrogens is 462 g/mol. The minimum Gasteiger partial charge on any atom is -0.392 e. The summed E-state index contributed by atoms with van der Waals surface area (Å²) in [6.07, 6.45) is -15.5. The van der Waals surface area contributed by atoms with Crippen LogP contribution in [0, 0.1) is 0 Å². The molecule has 0 bridgehead atoms. The van der Waals surface area contributed by atoms with E-state index in [2.05, 4.69) is 4.98 Å². The Morgan fingerprint density at radius 3 is 1.85 bits per heavy atom. The van der Waals surface area contributed by atoms with Crippen molar-refractivity contribution in [3.05, 3.63) is 88.2 Å². The molecule has 1 aromatic heterocycles. The van der Waals surface area contributed by atoms with E-state index in [9.17, 15) is 45.3 Å². The Morgan fingerprint density at radius 1 is 0.818 bits per heavy atom. The van der Waals surface area contributed by atoms with Gasteiger partial charge in [-0.05, 0) is 28.8 Å². The van der Waals surface area contributed by atoms with Crippen molar-refractivity contribution in [3.63, 3.8) is 0 Å². The molecule has 1 unspecified atom stereocenters. The zero-order valence-electron chi connectivity index (χ0n) is 16.4. The fourth-order valence-corrected chi connectivity index (χ4v) is 3.44. The van der Waals surface area contributed by atoms with Crippen LogP contribution in [0.2, 0.25) is 0 Å². The molecule has 0 radical (unpaired) electrons. The van der Waals surface area contributed by atoms with Gasteiger partial charge in [0.15, 0.2) is 5.69 Å². The van der Waals surface area contributed by atoms with Crippen molar-refractivity contribution in [3.8, 4) is 11.1 Å². The van der Waals surface area contributed by atoms with Crippen LogP contribution >= 0.6 is 0 Å². The molecular formula is C22H15F8NO2. The van der Waals surface area contributed by atoms with E-state index < -0.39 is 65.1 Å². The predicted octanol–water partition coefficient (Wildman–Crippen LogP) is 6.30. The summed E-state index contributed by atoms with van der Waals surface area (Å²) in [5.74, 6) is 0. The number of aliphatic hydroxyl groups excluding tert-OH is 2. The lowest BCUT2D eigenvalue weighted by Gasteiger charge is -2.25. The molecule has 176 valence electrons. The molecule has 3 nitrogen and oxygen atoms in total. The molecule has 3 aromatic rings. The van der Waals surface area contributed by atoms with E-state index in [0.717, 1.165) is 12.1 Å². The monoisotopic (exact) mass is 477 g/mol. The summed E-state index contributed by atoms with van der Waals surface area (Å²) in [5, 5.41) is 20.6. The van der Waals surface area contributed by atoms with Gasteiger partial charge in [-0.2, -0.15) is 26.3 Å². The zero-order valence-corrected chi connectivity index (χ0v) is 16.4. The Labute approximate surface area is 182 Å². The third-order valence-electron chi connectivity index (χ3n) is 4.89. The van der Waals surface area contributed by atoms with Gasteiger partial charge < -0.3 is 10.2 Å². The second-order valence-electron chi connectivity index (χ2n) is 6.96. The van der Waals surface area contributed by atoms with Gasteiger partial charge in [0, 0.05) is 11.1 Å². The lowest BCUT2D eigenvalue weighted by Crippen LogP contribution is -2.19. The molecule has 0 fully saturated rings. The fourth-order valence-electron chi connectivity index (χ4n) is 3.44. The van der Waals surface area contributed by atoms with Crippen LogP contribution in [0.3, 0.4) is 0 Å². The summed E-state index contributed by atoms with van der Waals surface area (Å²) >= 11 is 0. The van der Waals surface area contributed by atoms with Crippen molar-refractivity contribution < 1.29 is 45.3 Å². The molecule has 0 saturated carbocycles. The van der Waals surface area contributed by atoms with Gasteiger partial charge in [0.05, 0.1) is 12.2 Å². The molecule has 0 aliphatic rings. The molecule has 1 atom stereocenters. The van der Waals surface area contributed by atoms with Gasteiger partial charge >= 0.3 is 12.4 Å². The molecule has 0 aliphatic carbocycles. The number of rotatable bonds is 5. The number of nitrogens with zero attached hydrogens (tertiary/aromatic N) is 1. The maximum Gasteiger partial charge on any atom is 0.433 e. The summed E-state index contributed by atoms with van der Waals surface area (Å²) in [6.45, 7) is -1.25. The third kappa shape index (κ3) is 4.98. The Bertz CT molecular complexity index is 1110. The number of halogens is 8. The molecule has 2 aromatic carbocycles. The molecule has 3 rings (SSSR count). The topological polar surface area (TPSA) is 53.4 Å². The van der Waals surface area contributed by atoms with E-state index >= 15 is 0 Å². The number of hydrogen-bond donors (Lipinski definition) is 2. The first-order valence-electron chi connectivity index (χ1n) is 9.29. The van der Waals surface area contributed by atoms with E-state index in [4.69, 9.17) is 0 Å². The number of alkyl halides is 8. The van der Waals surface area contributed by atoms with Gasteiger partial charge in [0.2, 0.25) is 0 Å². The molecule has 0 amide bonds. The van der Waals surface area contributed by atoms with Crippen LogP contribution in [0.15, 0.2) is 54.6 Å². The summed E-state index contributed by atoms with van der Waals surface area (Å²) in [7, 11) is 0. The first kappa shape index (κ1) is 24.6. The molecule has 2 N–H and O–H groups in total. The number of aliphatic hydroxyl groups is 2. The van der Waals surface area contributed by atoms with Gasteiger partial charge in [-0.1, -0.05) is 42.5 Å². The minimum atomic E-state index is -5.21. The smallest absolute Gasteiger partial charge is 0.392 e. The van der Waals surface area contributed by atoms with Gasteiger partial charge in [0.25, 0.3) is 6.43 Å². The molecule has 11 heteroatoms. The van der Waals surface area contributed by atoms with Gasteiger partial charge in [0.1, 0.15) is 11.8 Å². The van der Waals surface area contributed by atoms with Crippen LogP contribution in [0.25, 0.3) is 11.1 Å². The van der Waals surface area contributed by atoms with Gasteiger partial charge in [-0.25, -0.2) is 13.8 Å². The second kappa shape index (κ2) is 9.06. The highest BCUT2D eigenvalue weighted by Gasteiger charge is 2.40. The van der Waals surface area contributed by atoms with E-state index in [1.165, 1.54) is 30.3 Å². The number of aromatic nitrogens is 1. The lowest BCUT2D eigenvalue weighted by molar-refractivity contribution is -0.142. The van der Waals surface area contributed by atoms with Crippen molar-refractivity contribution in [2.24, 2.45) is 0 Å². The molecule has 0 aliphatic heterocycles. The summed E-state index contributed by atoms with van der Waals surface area (Å²) in [6, 6.07) is 9.75. The Hall–Kier alpha value is -3.05. The van der Waals surface area contributed by atoms with Crippen molar-refractivity contribution >= 4 is 0 Å².